The molecule has 0 fully saturated rings. The molecule has 106 valence electrons. The lowest BCUT2D eigenvalue weighted by Gasteiger charge is -2.11. The van der Waals surface area contributed by atoms with Gasteiger partial charge in [0.05, 0.1) is 21.4 Å². The van der Waals surface area contributed by atoms with Crippen LogP contribution in [0.2, 0.25) is 5.02 Å². The summed E-state index contributed by atoms with van der Waals surface area (Å²) in [5.74, 6) is 0.295. The van der Waals surface area contributed by atoms with Gasteiger partial charge in [-0.15, -0.1) is 0 Å². The molecular weight excluding hydrogens is 347 g/mol. The summed E-state index contributed by atoms with van der Waals surface area (Å²) in [6, 6.07) is 6.11. The van der Waals surface area contributed by atoms with Crippen LogP contribution in [-0.4, -0.2) is 4.98 Å². The van der Waals surface area contributed by atoms with Crippen molar-refractivity contribution in [3.05, 3.63) is 51.5 Å². The number of nitrogens with zero attached hydrogens (tertiary/aromatic N) is 1. The van der Waals surface area contributed by atoms with Crippen LogP contribution in [0.1, 0.15) is 25.1 Å². The number of hydrogen-bond acceptors (Lipinski definition) is 3. The molecule has 1 aromatic heterocycles. The fraction of sp³-hybridized carbons (Fsp3) is 0.214. The van der Waals surface area contributed by atoms with E-state index in [9.17, 15) is 4.39 Å². The number of rotatable bonds is 4. The fourth-order valence-corrected chi connectivity index (χ4v) is 2.31. The Morgan fingerprint density at radius 3 is 2.80 bits per heavy atom. The van der Waals surface area contributed by atoms with E-state index in [1.165, 1.54) is 12.1 Å². The number of pyridine rings is 1. The molecule has 0 amide bonds. The predicted octanol–water partition coefficient (Wildman–Crippen LogP) is 4.84. The van der Waals surface area contributed by atoms with E-state index in [2.05, 4.69) is 20.9 Å². The van der Waals surface area contributed by atoms with Gasteiger partial charge in [-0.1, -0.05) is 18.5 Å². The number of halogens is 3. The van der Waals surface area contributed by atoms with E-state index in [0.717, 1.165) is 12.1 Å². The van der Waals surface area contributed by atoms with Crippen molar-refractivity contribution in [1.29, 1.82) is 0 Å². The Kier molecular flexibility index (Phi) is 4.96. The van der Waals surface area contributed by atoms with Crippen LogP contribution in [0.5, 0.6) is 11.5 Å². The van der Waals surface area contributed by atoms with Crippen LogP contribution in [0, 0.1) is 5.82 Å². The second-order valence-corrected chi connectivity index (χ2v) is 5.49. The van der Waals surface area contributed by atoms with Crippen molar-refractivity contribution in [2.24, 2.45) is 5.73 Å². The van der Waals surface area contributed by atoms with Gasteiger partial charge in [0.25, 0.3) is 0 Å². The molecule has 0 aliphatic heterocycles. The molecule has 0 radical (unpaired) electrons. The first kappa shape index (κ1) is 15.2. The molecule has 0 aliphatic rings. The van der Waals surface area contributed by atoms with E-state index in [4.69, 9.17) is 22.1 Å². The molecule has 2 rings (SSSR count). The molecule has 0 saturated carbocycles. The Balaban J connectivity index is 2.20. The lowest BCUT2D eigenvalue weighted by molar-refractivity contribution is 0.470. The molecule has 2 aromatic rings. The van der Waals surface area contributed by atoms with Gasteiger partial charge in [-0.3, -0.25) is 4.98 Å². The van der Waals surface area contributed by atoms with Gasteiger partial charge >= 0.3 is 0 Å². The zero-order valence-electron chi connectivity index (χ0n) is 10.7. The van der Waals surface area contributed by atoms with E-state index < -0.39 is 5.82 Å². The summed E-state index contributed by atoms with van der Waals surface area (Å²) in [4.78, 5) is 4.23. The summed E-state index contributed by atoms with van der Waals surface area (Å²) < 4.78 is 19.5. The maximum Gasteiger partial charge on any atom is 0.145 e. The van der Waals surface area contributed by atoms with E-state index >= 15 is 0 Å². The van der Waals surface area contributed by atoms with Crippen LogP contribution in [0.4, 0.5) is 4.39 Å². The lowest BCUT2D eigenvalue weighted by Crippen LogP contribution is -2.10. The molecule has 0 bridgehead atoms. The fourth-order valence-electron chi connectivity index (χ4n) is 1.59. The third-order valence-electron chi connectivity index (χ3n) is 2.78. The van der Waals surface area contributed by atoms with Crippen molar-refractivity contribution in [3.63, 3.8) is 0 Å². The SMILES string of the molecule is CC[C@H](N)c1ccc(Oc2cc(F)c(Cl)cc2Br)cn1. The first-order valence-electron chi connectivity index (χ1n) is 6.05. The Labute approximate surface area is 130 Å². The molecule has 1 atom stereocenters. The molecule has 2 N–H and O–H groups in total. The molecular formula is C14H13BrClFN2O. The maximum absolute atomic E-state index is 13.4. The van der Waals surface area contributed by atoms with Crippen LogP contribution in [0.3, 0.4) is 0 Å². The van der Waals surface area contributed by atoms with Crippen LogP contribution < -0.4 is 10.5 Å². The topological polar surface area (TPSA) is 48.1 Å². The smallest absolute Gasteiger partial charge is 0.145 e. The number of benzene rings is 1. The predicted molar refractivity (Wildman–Crippen MR) is 80.6 cm³/mol. The van der Waals surface area contributed by atoms with Gasteiger partial charge < -0.3 is 10.5 Å². The summed E-state index contributed by atoms with van der Waals surface area (Å²) in [7, 11) is 0. The van der Waals surface area contributed by atoms with Gasteiger partial charge in [0.2, 0.25) is 0 Å². The highest BCUT2D eigenvalue weighted by Gasteiger charge is 2.10. The highest BCUT2D eigenvalue weighted by Crippen LogP contribution is 2.33. The maximum atomic E-state index is 13.4. The lowest BCUT2D eigenvalue weighted by atomic mass is 10.1. The summed E-state index contributed by atoms with van der Waals surface area (Å²) in [5, 5.41) is 0.0339. The van der Waals surface area contributed by atoms with Crippen molar-refractivity contribution in [2.75, 3.05) is 0 Å². The van der Waals surface area contributed by atoms with E-state index in [-0.39, 0.29) is 11.1 Å². The molecule has 6 heteroatoms. The molecule has 20 heavy (non-hydrogen) atoms. The molecule has 1 heterocycles. The van der Waals surface area contributed by atoms with Crippen molar-refractivity contribution < 1.29 is 9.13 Å². The number of aromatic nitrogens is 1. The second kappa shape index (κ2) is 6.52. The summed E-state index contributed by atoms with van der Waals surface area (Å²) in [6.45, 7) is 1.99. The quantitative estimate of drug-likeness (QED) is 0.795. The van der Waals surface area contributed by atoms with Gasteiger partial charge in [-0.25, -0.2) is 4.39 Å². The summed E-state index contributed by atoms with van der Waals surface area (Å²) >= 11 is 8.94. The van der Waals surface area contributed by atoms with Crippen molar-refractivity contribution >= 4 is 27.5 Å². The van der Waals surface area contributed by atoms with Crippen molar-refractivity contribution in [3.8, 4) is 11.5 Å². The summed E-state index contributed by atoms with van der Waals surface area (Å²) in [6.07, 6.45) is 2.37. The zero-order chi connectivity index (χ0) is 14.7. The monoisotopic (exact) mass is 358 g/mol. The number of nitrogens with two attached hydrogens (primary N) is 1. The third-order valence-corrected chi connectivity index (χ3v) is 3.69. The average molecular weight is 360 g/mol. The van der Waals surface area contributed by atoms with Crippen LogP contribution in [0.15, 0.2) is 34.9 Å². The van der Waals surface area contributed by atoms with E-state index in [1.54, 1.807) is 18.3 Å². The zero-order valence-corrected chi connectivity index (χ0v) is 13.1. The minimum absolute atomic E-state index is 0.0339. The number of ether oxygens (including phenoxy) is 1. The van der Waals surface area contributed by atoms with Gasteiger partial charge in [-0.05, 0) is 40.5 Å². The molecule has 3 nitrogen and oxygen atoms in total. The van der Waals surface area contributed by atoms with E-state index in [1.807, 2.05) is 6.92 Å². The van der Waals surface area contributed by atoms with Gasteiger partial charge in [0.1, 0.15) is 17.3 Å². The van der Waals surface area contributed by atoms with Crippen LogP contribution >= 0.6 is 27.5 Å². The van der Waals surface area contributed by atoms with Gasteiger partial charge in [0.15, 0.2) is 0 Å². The minimum Gasteiger partial charge on any atom is -0.454 e. The number of hydrogen-bond donors (Lipinski definition) is 1. The molecule has 0 aliphatic carbocycles. The average Bonchev–Trinajstić information content (AvgIpc) is 2.44. The molecule has 0 unspecified atom stereocenters. The van der Waals surface area contributed by atoms with Crippen LogP contribution in [0.25, 0.3) is 0 Å². The molecule has 0 spiro atoms. The summed E-state index contributed by atoms with van der Waals surface area (Å²) in [5.41, 5.74) is 6.68. The van der Waals surface area contributed by atoms with Gasteiger partial charge in [0, 0.05) is 12.1 Å². The Hall–Kier alpha value is -1.17. The third kappa shape index (κ3) is 3.48. The minimum atomic E-state index is -0.539. The highest BCUT2D eigenvalue weighted by molar-refractivity contribution is 9.10. The Morgan fingerprint density at radius 2 is 2.20 bits per heavy atom. The van der Waals surface area contributed by atoms with Crippen molar-refractivity contribution in [1.82, 2.24) is 4.98 Å². The first-order chi connectivity index (χ1) is 9.51. The molecule has 0 saturated heterocycles. The van der Waals surface area contributed by atoms with E-state index in [0.29, 0.717) is 16.0 Å². The first-order valence-corrected chi connectivity index (χ1v) is 7.22. The Morgan fingerprint density at radius 1 is 1.45 bits per heavy atom. The molecule has 1 aromatic carbocycles. The van der Waals surface area contributed by atoms with Crippen molar-refractivity contribution in [2.45, 2.75) is 19.4 Å². The Bertz CT molecular complexity index is 607. The normalized spacial score (nSPS) is 12.2. The highest BCUT2D eigenvalue weighted by atomic mass is 79.9. The standard InChI is InChI=1S/C14H13BrClFN2O/c1-2-12(18)13-4-3-8(7-19-13)20-14-6-11(17)10(16)5-9(14)15/h3-7,12H,2,18H2,1H3/t12-/m0/s1. The van der Waals surface area contributed by atoms with Crippen LogP contribution in [-0.2, 0) is 0 Å². The second-order valence-electron chi connectivity index (χ2n) is 4.23. The van der Waals surface area contributed by atoms with Gasteiger partial charge in [-0.2, -0.15) is 0 Å². The largest absolute Gasteiger partial charge is 0.454 e.